The molecule has 1 aromatic carbocycles. The zero-order valence-corrected chi connectivity index (χ0v) is 8.96. The van der Waals surface area contributed by atoms with E-state index in [2.05, 4.69) is 0 Å². The minimum absolute atomic E-state index is 0.248. The van der Waals surface area contributed by atoms with Crippen molar-refractivity contribution in [2.45, 2.75) is 18.9 Å². The molecule has 2 nitrogen and oxygen atoms in total. The predicted octanol–water partition coefficient (Wildman–Crippen LogP) is 2.39. The van der Waals surface area contributed by atoms with Gasteiger partial charge in [0.25, 0.3) is 0 Å². The van der Waals surface area contributed by atoms with Crippen LogP contribution in [0, 0.1) is 17.6 Å². The van der Waals surface area contributed by atoms with E-state index in [0.717, 1.165) is 32.1 Å². The number of hydrogen-bond donors (Lipinski definition) is 1. The molecule has 2 unspecified atom stereocenters. The summed E-state index contributed by atoms with van der Waals surface area (Å²) in [5.41, 5.74) is 6.59. The average molecular weight is 227 g/mol. The Hall–Kier alpha value is -1.00. The van der Waals surface area contributed by atoms with Crippen LogP contribution in [0.15, 0.2) is 18.2 Å². The Morgan fingerprint density at radius 3 is 2.81 bits per heavy atom. The van der Waals surface area contributed by atoms with Gasteiger partial charge in [-0.3, -0.25) is 0 Å². The van der Waals surface area contributed by atoms with Crippen LogP contribution in [0.3, 0.4) is 0 Å². The van der Waals surface area contributed by atoms with Crippen LogP contribution in [-0.4, -0.2) is 13.2 Å². The molecule has 2 rings (SSSR count). The third-order valence-corrected chi connectivity index (χ3v) is 2.98. The molecule has 0 spiro atoms. The van der Waals surface area contributed by atoms with Crippen LogP contribution in [0.2, 0.25) is 0 Å². The van der Waals surface area contributed by atoms with Crippen molar-refractivity contribution in [1.29, 1.82) is 0 Å². The Kier molecular flexibility index (Phi) is 3.51. The molecule has 16 heavy (non-hydrogen) atoms. The largest absolute Gasteiger partial charge is 0.381 e. The second kappa shape index (κ2) is 4.89. The van der Waals surface area contributed by atoms with Gasteiger partial charge in [0.2, 0.25) is 0 Å². The zero-order valence-electron chi connectivity index (χ0n) is 8.96. The highest BCUT2D eigenvalue weighted by Crippen LogP contribution is 2.25. The molecule has 0 amide bonds. The number of benzene rings is 1. The van der Waals surface area contributed by atoms with Crippen LogP contribution in [0.1, 0.15) is 24.4 Å². The summed E-state index contributed by atoms with van der Waals surface area (Å²) >= 11 is 0. The fourth-order valence-corrected chi connectivity index (χ4v) is 2.01. The van der Waals surface area contributed by atoms with Gasteiger partial charge in [-0.05, 0) is 36.5 Å². The van der Waals surface area contributed by atoms with Crippen molar-refractivity contribution >= 4 is 0 Å². The highest BCUT2D eigenvalue weighted by Gasteiger charge is 2.20. The topological polar surface area (TPSA) is 35.2 Å². The highest BCUT2D eigenvalue weighted by molar-refractivity contribution is 5.21. The SMILES string of the molecule is NC(CC1CCOC1)c1ccc(F)c(F)c1. The van der Waals surface area contributed by atoms with Gasteiger partial charge in [0.1, 0.15) is 0 Å². The predicted molar refractivity (Wildman–Crippen MR) is 56.8 cm³/mol. The van der Waals surface area contributed by atoms with Crippen LogP contribution in [0.5, 0.6) is 0 Å². The lowest BCUT2D eigenvalue weighted by Crippen LogP contribution is -2.16. The molecule has 2 N–H and O–H groups in total. The molecule has 4 heteroatoms. The number of ether oxygens (including phenoxy) is 1. The van der Waals surface area contributed by atoms with Gasteiger partial charge < -0.3 is 10.5 Å². The van der Waals surface area contributed by atoms with Gasteiger partial charge in [-0.1, -0.05) is 6.07 Å². The number of hydrogen-bond acceptors (Lipinski definition) is 2. The number of halogens is 2. The minimum Gasteiger partial charge on any atom is -0.381 e. The lowest BCUT2D eigenvalue weighted by molar-refractivity contribution is 0.182. The normalized spacial score (nSPS) is 22.3. The molecular formula is C12H15F2NO. The van der Waals surface area contributed by atoms with Gasteiger partial charge in [-0.15, -0.1) is 0 Å². The van der Waals surface area contributed by atoms with Gasteiger partial charge in [0, 0.05) is 19.3 Å². The molecule has 1 aromatic rings. The monoisotopic (exact) mass is 227 g/mol. The molecule has 1 fully saturated rings. The van der Waals surface area contributed by atoms with Crippen molar-refractivity contribution in [3.05, 3.63) is 35.4 Å². The number of nitrogens with two attached hydrogens (primary N) is 1. The molecule has 88 valence electrons. The van der Waals surface area contributed by atoms with Crippen molar-refractivity contribution in [1.82, 2.24) is 0 Å². The fourth-order valence-electron chi connectivity index (χ4n) is 2.01. The Morgan fingerprint density at radius 2 is 2.19 bits per heavy atom. The summed E-state index contributed by atoms with van der Waals surface area (Å²) in [7, 11) is 0. The van der Waals surface area contributed by atoms with Crippen molar-refractivity contribution < 1.29 is 13.5 Å². The van der Waals surface area contributed by atoms with Crippen molar-refractivity contribution in [2.24, 2.45) is 11.7 Å². The van der Waals surface area contributed by atoms with E-state index in [1.807, 2.05) is 0 Å². The van der Waals surface area contributed by atoms with Crippen molar-refractivity contribution in [2.75, 3.05) is 13.2 Å². The van der Waals surface area contributed by atoms with E-state index in [4.69, 9.17) is 10.5 Å². The van der Waals surface area contributed by atoms with E-state index >= 15 is 0 Å². The molecule has 0 radical (unpaired) electrons. The molecule has 0 aromatic heterocycles. The second-order valence-electron chi connectivity index (χ2n) is 4.25. The molecule has 0 aliphatic carbocycles. The second-order valence-corrected chi connectivity index (χ2v) is 4.25. The molecule has 1 saturated heterocycles. The third kappa shape index (κ3) is 2.57. The molecule has 0 saturated carbocycles. The smallest absolute Gasteiger partial charge is 0.159 e. The van der Waals surface area contributed by atoms with E-state index in [0.29, 0.717) is 11.5 Å². The van der Waals surface area contributed by atoms with Crippen LogP contribution >= 0.6 is 0 Å². The summed E-state index contributed by atoms with van der Waals surface area (Å²) in [6, 6.07) is 3.59. The first-order valence-electron chi connectivity index (χ1n) is 5.45. The van der Waals surface area contributed by atoms with Gasteiger partial charge in [0.05, 0.1) is 0 Å². The fraction of sp³-hybridized carbons (Fsp3) is 0.500. The minimum atomic E-state index is -0.837. The van der Waals surface area contributed by atoms with Crippen molar-refractivity contribution in [3.63, 3.8) is 0 Å². The molecule has 1 aliphatic rings. The average Bonchev–Trinajstić information content (AvgIpc) is 2.74. The Bertz CT molecular complexity index is 364. The first-order chi connectivity index (χ1) is 7.66. The van der Waals surface area contributed by atoms with Gasteiger partial charge >= 0.3 is 0 Å². The summed E-state index contributed by atoms with van der Waals surface area (Å²) in [5.74, 6) is -1.24. The molecule has 2 atom stereocenters. The van der Waals surface area contributed by atoms with E-state index in [9.17, 15) is 8.78 Å². The summed E-state index contributed by atoms with van der Waals surface area (Å²) in [6.07, 6.45) is 1.75. The summed E-state index contributed by atoms with van der Waals surface area (Å²) in [6.45, 7) is 1.49. The lowest BCUT2D eigenvalue weighted by atomic mass is 9.95. The summed E-state index contributed by atoms with van der Waals surface area (Å²) in [5, 5.41) is 0. The van der Waals surface area contributed by atoms with Gasteiger partial charge in [-0.2, -0.15) is 0 Å². The van der Waals surface area contributed by atoms with Crippen LogP contribution < -0.4 is 5.73 Å². The highest BCUT2D eigenvalue weighted by atomic mass is 19.2. The molecule has 1 aliphatic heterocycles. The van der Waals surface area contributed by atoms with Crippen LogP contribution in [0.4, 0.5) is 8.78 Å². The van der Waals surface area contributed by atoms with E-state index < -0.39 is 11.6 Å². The Morgan fingerprint density at radius 1 is 1.38 bits per heavy atom. The van der Waals surface area contributed by atoms with E-state index in [-0.39, 0.29) is 6.04 Å². The van der Waals surface area contributed by atoms with Crippen LogP contribution in [-0.2, 0) is 4.74 Å². The first-order valence-corrected chi connectivity index (χ1v) is 5.45. The standard InChI is InChI=1S/C12H15F2NO/c13-10-2-1-9(6-11(10)14)12(15)5-8-3-4-16-7-8/h1-2,6,8,12H,3-5,7,15H2. The van der Waals surface area contributed by atoms with Crippen molar-refractivity contribution in [3.8, 4) is 0 Å². The van der Waals surface area contributed by atoms with Gasteiger partial charge in [0.15, 0.2) is 11.6 Å². The number of rotatable bonds is 3. The third-order valence-electron chi connectivity index (χ3n) is 2.98. The maximum Gasteiger partial charge on any atom is 0.159 e. The maximum absolute atomic E-state index is 13.0. The Labute approximate surface area is 93.4 Å². The summed E-state index contributed by atoms with van der Waals surface area (Å²) < 4.78 is 31.0. The van der Waals surface area contributed by atoms with E-state index in [1.54, 1.807) is 6.07 Å². The quantitative estimate of drug-likeness (QED) is 0.860. The molecule has 1 heterocycles. The zero-order chi connectivity index (χ0) is 11.5. The van der Waals surface area contributed by atoms with Gasteiger partial charge in [-0.25, -0.2) is 8.78 Å². The first kappa shape index (κ1) is 11.5. The Balaban J connectivity index is 2.02. The van der Waals surface area contributed by atoms with Crippen LogP contribution in [0.25, 0.3) is 0 Å². The lowest BCUT2D eigenvalue weighted by Gasteiger charge is -2.15. The molecular weight excluding hydrogens is 212 g/mol. The molecule has 0 bridgehead atoms. The summed E-state index contributed by atoms with van der Waals surface area (Å²) in [4.78, 5) is 0. The maximum atomic E-state index is 13.0. The van der Waals surface area contributed by atoms with E-state index in [1.165, 1.54) is 6.07 Å².